The molecule has 1 heterocycles. The minimum Gasteiger partial charge on any atom is -0.389 e. The van der Waals surface area contributed by atoms with E-state index in [0.29, 0.717) is 11.0 Å². The summed E-state index contributed by atoms with van der Waals surface area (Å²) in [6.07, 6.45) is 5.02. The molecule has 1 aliphatic rings. The van der Waals surface area contributed by atoms with Gasteiger partial charge in [-0.05, 0) is 38.0 Å². The van der Waals surface area contributed by atoms with Crippen LogP contribution in [0, 0.1) is 0 Å². The van der Waals surface area contributed by atoms with Crippen molar-refractivity contribution in [1.29, 1.82) is 0 Å². The van der Waals surface area contributed by atoms with Gasteiger partial charge < -0.3 is 10.6 Å². The molecule has 4 heteroatoms. The standard InChI is InChI=1S/C14H19ClN2S/c1-10-5-3-2-4-8-17(10)13-9-11(15)6-7-12(13)14(16)18/h6-7,9-10H,2-5,8H2,1H3,(H2,16,18). The summed E-state index contributed by atoms with van der Waals surface area (Å²) in [6.45, 7) is 3.31. The molecule has 2 N–H and O–H groups in total. The van der Waals surface area contributed by atoms with E-state index in [-0.39, 0.29) is 0 Å². The largest absolute Gasteiger partial charge is 0.389 e. The summed E-state index contributed by atoms with van der Waals surface area (Å²) in [5, 5.41) is 0.737. The molecule has 0 aliphatic carbocycles. The molecule has 0 amide bonds. The van der Waals surface area contributed by atoms with Gasteiger partial charge in [-0.3, -0.25) is 0 Å². The number of thiocarbonyl (C=S) groups is 1. The zero-order valence-electron chi connectivity index (χ0n) is 10.7. The van der Waals surface area contributed by atoms with Gasteiger partial charge in [-0.15, -0.1) is 0 Å². The van der Waals surface area contributed by atoms with Crippen LogP contribution in [0.15, 0.2) is 18.2 Å². The van der Waals surface area contributed by atoms with Crippen molar-refractivity contribution in [3.05, 3.63) is 28.8 Å². The first-order chi connectivity index (χ1) is 8.59. The van der Waals surface area contributed by atoms with Gasteiger partial charge in [0.2, 0.25) is 0 Å². The minimum atomic E-state index is 0.443. The molecule has 2 rings (SSSR count). The van der Waals surface area contributed by atoms with Crippen LogP contribution in [0.4, 0.5) is 5.69 Å². The third-order valence-corrected chi connectivity index (χ3v) is 4.04. The zero-order chi connectivity index (χ0) is 13.1. The van der Waals surface area contributed by atoms with Crippen LogP contribution in [0.2, 0.25) is 5.02 Å². The maximum atomic E-state index is 6.12. The van der Waals surface area contributed by atoms with Crippen molar-refractivity contribution in [3.8, 4) is 0 Å². The van der Waals surface area contributed by atoms with Crippen LogP contribution in [0.25, 0.3) is 0 Å². The quantitative estimate of drug-likeness (QED) is 0.838. The van der Waals surface area contributed by atoms with Crippen molar-refractivity contribution in [1.82, 2.24) is 0 Å². The lowest BCUT2D eigenvalue weighted by Crippen LogP contribution is -2.34. The summed E-state index contributed by atoms with van der Waals surface area (Å²) in [5.74, 6) is 0. The molecule has 0 aromatic heterocycles. The Morgan fingerprint density at radius 2 is 2.17 bits per heavy atom. The molecule has 0 saturated carbocycles. The number of anilines is 1. The zero-order valence-corrected chi connectivity index (χ0v) is 12.2. The molecule has 1 atom stereocenters. The molecule has 1 aliphatic heterocycles. The van der Waals surface area contributed by atoms with E-state index in [4.69, 9.17) is 29.6 Å². The maximum absolute atomic E-state index is 6.12. The van der Waals surface area contributed by atoms with Crippen LogP contribution in [-0.2, 0) is 0 Å². The lowest BCUT2D eigenvalue weighted by atomic mass is 10.1. The highest BCUT2D eigenvalue weighted by molar-refractivity contribution is 7.80. The summed E-state index contributed by atoms with van der Waals surface area (Å²) >= 11 is 11.3. The Morgan fingerprint density at radius 3 is 2.89 bits per heavy atom. The van der Waals surface area contributed by atoms with Crippen LogP contribution >= 0.6 is 23.8 Å². The first-order valence-corrected chi connectivity index (χ1v) is 7.24. The molecule has 0 radical (unpaired) electrons. The first-order valence-electron chi connectivity index (χ1n) is 6.45. The van der Waals surface area contributed by atoms with Crippen molar-refractivity contribution in [2.45, 2.75) is 38.6 Å². The Kier molecular flexibility index (Phi) is 4.46. The monoisotopic (exact) mass is 282 g/mol. The Labute approximate surface area is 119 Å². The highest BCUT2D eigenvalue weighted by atomic mass is 35.5. The van der Waals surface area contributed by atoms with Gasteiger partial charge in [0, 0.05) is 28.9 Å². The number of hydrogen-bond acceptors (Lipinski definition) is 2. The molecule has 98 valence electrons. The smallest absolute Gasteiger partial charge is 0.106 e. The molecule has 1 aromatic rings. The lowest BCUT2D eigenvalue weighted by molar-refractivity contribution is 0.616. The fraction of sp³-hybridized carbons (Fsp3) is 0.500. The molecule has 0 bridgehead atoms. The molecule has 1 unspecified atom stereocenters. The van der Waals surface area contributed by atoms with Gasteiger partial charge in [0.15, 0.2) is 0 Å². The second-order valence-electron chi connectivity index (χ2n) is 4.92. The van der Waals surface area contributed by atoms with E-state index in [9.17, 15) is 0 Å². The van der Waals surface area contributed by atoms with E-state index in [2.05, 4.69) is 11.8 Å². The molecule has 1 fully saturated rings. The number of benzene rings is 1. The Bertz CT molecular complexity index is 447. The van der Waals surface area contributed by atoms with E-state index in [1.807, 2.05) is 18.2 Å². The Hall–Kier alpha value is -0.800. The second-order valence-corrected chi connectivity index (χ2v) is 5.79. The van der Waals surface area contributed by atoms with Crippen LogP contribution in [0.1, 0.15) is 38.2 Å². The van der Waals surface area contributed by atoms with Gasteiger partial charge in [-0.1, -0.05) is 36.7 Å². The topological polar surface area (TPSA) is 29.3 Å². The molecular formula is C14H19ClN2S. The average Bonchev–Trinajstić information content (AvgIpc) is 2.53. The predicted molar refractivity (Wildman–Crippen MR) is 82.6 cm³/mol. The normalized spacial score (nSPS) is 20.6. The van der Waals surface area contributed by atoms with E-state index in [1.54, 1.807) is 0 Å². The van der Waals surface area contributed by atoms with Crippen molar-refractivity contribution in [3.63, 3.8) is 0 Å². The molecule has 2 nitrogen and oxygen atoms in total. The predicted octanol–water partition coefficient (Wildman–Crippen LogP) is 3.74. The van der Waals surface area contributed by atoms with Crippen LogP contribution < -0.4 is 10.6 Å². The summed E-state index contributed by atoms with van der Waals surface area (Å²) in [5.41, 5.74) is 7.84. The van der Waals surface area contributed by atoms with Crippen LogP contribution in [-0.4, -0.2) is 17.6 Å². The van der Waals surface area contributed by atoms with E-state index >= 15 is 0 Å². The van der Waals surface area contributed by atoms with Gasteiger partial charge in [0.25, 0.3) is 0 Å². The molecule has 1 aromatic carbocycles. The number of nitrogens with two attached hydrogens (primary N) is 1. The van der Waals surface area contributed by atoms with Crippen LogP contribution in [0.5, 0.6) is 0 Å². The highest BCUT2D eigenvalue weighted by Crippen LogP contribution is 2.29. The van der Waals surface area contributed by atoms with Gasteiger partial charge in [-0.25, -0.2) is 0 Å². The molecule has 18 heavy (non-hydrogen) atoms. The highest BCUT2D eigenvalue weighted by Gasteiger charge is 2.20. The average molecular weight is 283 g/mol. The van der Waals surface area contributed by atoms with Gasteiger partial charge in [0.05, 0.1) is 0 Å². The van der Waals surface area contributed by atoms with Gasteiger partial charge in [0.1, 0.15) is 4.99 Å². The number of halogens is 1. The molecular weight excluding hydrogens is 264 g/mol. The summed E-state index contributed by atoms with van der Waals surface area (Å²) < 4.78 is 0. The van der Waals surface area contributed by atoms with Gasteiger partial charge >= 0.3 is 0 Å². The number of nitrogens with zero attached hydrogens (tertiary/aromatic N) is 1. The van der Waals surface area contributed by atoms with Crippen molar-refractivity contribution < 1.29 is 0 Å². The summed E-state index contributed by atoms with van der Waals surface area (Å²) in [4.78, 5) is 2.84. The number of hydrogen-bond donors (Lipinski definition) is 1. The third kappa shape index (κ3) is 2.96. The molecule has 0 spiro atoms. The molecule has 1 saturated heterocycles. The van der Waals surface area contributed by atoms with Crippen LogP contribution in [0.3, 0.4) is 0 Å². The van der Waals surface area contributed by atoms with Gasteiger partial charge in [-0.2, -0.15) is 0 Å². The van der Waals surface area contributed by atoms with E-state index in [0.717, 1.165) is 22.8 Å². The second kappa shape index (κ2) is 5.89. The van der Waals surface area contributed by atoms with E-state index in [1.165, 1.54) is 25.7 Å². The Balaban J connectivity index is 2.40. The fourth-order valence-electron chi connectivity index (χ4n) is 2.58. The summed E-state index contributed by atoms with van der Waals surface area (Å²) in [7, 11) is 0. The van der Waals surface area contributed by atoms with Crippen molar-refractivity contribution in [2.75, 3.05) is 11.4 Å². The summed E-state index contributed by atoms with van der Waals surface area (Å²) in [6, 6.07) is 6.27. The number of rotatable bonds is 2. The first kappa shape index (κ1) is 13.6. The minimum absolute atomic E-state index is 0.443. The SMILES string of the molecule is CC1CCCCCN1c1cc(Cl)ccc1C(N)=S. The van der Waals surface area contributed by atoms with E-state index < -0.39 is 0 Å². The maximum Gasteiger partial charge on any atom is 0.106 e. The van der Waals surface area contributed by atoms with Crippen molar-refractivity contribution >= 4 is 34.5 Å². The Morgan fingerprint density at radius 1 is 1.39 bits per heavy atom. The lowest BCUT2D eigenvalue weighted by Gasteiger charge is -2.31. The fourth-order valence-corrected chi connectivity index (χ4v) is 2.92. The third-order valence-electron chi connectivity index (χ3n) is 3.59. The van der Waals surface area contributed by atoms with Crippen molar-refractivity contribution in [2.24, 2.45) is 5.73 Å².